The predicted molar refractivity (Wildman–Crippen MR) is 74.2 cm³/mol. The number of carbonyl (C=O) groups is 1. The van der Waals surface area contributed by atoms with Gasteiger partial charge in [0.15, 0.2) is 0 Å². The van der Waals surface area contributed by atoms with E-state index in [2.05, 4.69) is 24.1 Å². The van der Waals surface area contributed by atoms with Crippen molar-refractivity contribution in [3.8, 4) is 0 Å². The third-order valence-corrected chi connectivity index (χ3v) is 3.44. The van der Waals surface area contributed by atoms with Gasteiger partial charge in [0.2, 0.25) is 0 Å². The molecule has 1 rings (SSSR count). The maximum absolute atomic E-state index is 11.9. The quantitative estimate of drug-likeness (QED) is 0.781. The lowest BCUT2D eigenvalue weighted by Gasteiger charge is -2.34. The Morgan fingerprint density at radius 2 is 1.94 bits per heavy atom. The molecule has 0 bridgehead atoms. The highest BCUT2D eigenvalue weighted by Crippen LogP contribution is 2.06. The van der Waals surface area contributed by atoms with Gasteiger partial charge in [0, 0.05) is 45.5 Å². The molecular weight excluding hydrogens is 228 g/mol. The van der Waals surface area contributed by atoms with Gasteiger partial charge >= 0.3 is 6.03 Å². The number of nitrogens with two attached hydrogens (primary N) is 1. The Hall–Kier alpha value is -1.07. The Morgan fingerprint density at radius 1 is 1.33 bits per heavy atom. The van der Waals surface area contributed by atoms with Crippen LogP contribution < -0.4 is 11.1 Å². The molecule has 104 valence electrons. The zero-order chi connectivity index (χ0) is 13.5. The van der Waals surface area contributed by atoms with Crippen molar-refractivity contribution in [2.45, 2.75) is 20.8 Å². The van der Waals surface area contributed by atoms with Gasteiger partial charge in [-0.05, 0) is 12.8 Å². The van der Waals surface area contributed by atoms with Gasteiger partial charge in [-0.3, -0.25) is 4.90 Å². The number of hydrogen-bond acceptors (Lipinski definition) is 3. The standard InChI is InChI=1S/C13H26N4O/c1-11(2)12(3)10-15-13(18)17-8-6-16(5-4-14)7-9-17/h10-11H,4-9,14H2,1-3H3,(H,15,18)/b12-10+. The van der Waals surface area contributed by atoms with Crippen LogP contribution in [0.25, 0.3) is 0 Å². The third-order valence-electron chi connectivity index (χ3n) is 3.44. The summed E-state index contributed by atoms with van der Waals surface area (Å²) in [7, 11) is 0. The van der Waals surface area contributed by atoms with Gasteiger partial charge in [-0.1, -0.05) is 19.4 Å². The monoisotopic (exact) mass is 254 g/mol. The van der Waals surface area contributed by atoms with Crippen LogP contribution in [-0.4, -0.2) is 55.1 Å². The first kappa shape index (κ1) is 15.0. The van der Waals surface area contributed by atoms with Gasteiger partial charge in [0.25, 0.3) is 0 Å². The van der Waals surface area contributed by atoms with E-state index in [0.29, 0.717) is 12.5 Å². The molecule has 1 fully saturated rings. The van der Waals surface area contributed by atoms with E-state index < -0.39 is 0 Å². The number of urea groups is 1. The summed E-state index contributed by atoms with van der Waals surface area (Å²) in [5.74, 6) is 0.465. The van der Waals surface area contributed by atoms with Crippen LogP contribution >= 0.6 is 0 Å². The minimum absolute atomic E-state index is 0.00222. The summed E-state index contributed by atoms with van der Waals surface area (Å²) in [5.41, 5.74) is 6.71. The minimum Gasteiger partial charge on any atom is -0.329 e. The number of nitrogens with zero attached hydrogens (tertiary/aromatic N) is 2. The summed E-state index contributed by atoms with van der Waals surface area (Å²) in [5, 5.41) is 2.86. The van der Waals surface area contributed by atoms with Crippen LogP contribution in [0.5, 0.6) is 0 Å². The van der Waals surface area contributed by atoms with Gasteiger partial charge in [-0.15, -0.1) is 0 Å². The van der Waals surface area contributed by atoms with Crippen LogP contribution in [0.1, 0.15) is 20.8 Å². The molecule has 1 heterocycles. The third kappa shape index (κ3) is 4.66. The first-order valence-electron chi connectivity index (χ1n) is 6.69. The first-order valence-corrected chi connectivity index (χ1v) is 6.69. The Morgan fingerprint density at radius 3 is 2.44 bits per heavy atom. The van der Waals surface area contributed by atoms with Crippen molar-refractivity contribution in [3.63, 3.8) is 0 Å². The molecule has 0 unspecified atom stereocenters. The molecule has 0 aromatic rings. The summed E-state index contributed by atoms with van der Waals surface area (Å²) in [6.45, 7) is 11.2. The summed E-state index contributed by atoms with van der Waals surface area (Å²) < 4.78 is 0. The largest absolute Gasteiger partial charge is 0.329 e. The molecule has 1 aliphatic rings. The fraction of sp³-hybridized carbons (Fsp3) is 0.769. The van der Waals surface area contributed by atoms with Crippen LogP contribution in [-0.2, 0) is 0 Å². The molecule has 1 saturated heterocycles. The average molecular weight is 254 g/mol. The topological polar surface area (TPSA) is 61.6 Å². The zero-order valence-electron chi connectivity index (χ0n) is 11.8. The highest BCUT2D eigenvalue weighted by Gasteiger charge is 2.19. The highest BCUT2D eigenvalue weighted by atomic mass is 16.2. The van der Waals surface area contributed by atoms with E-state index in [1.54, 1.807) is 0 Å². The first-order chi connectivity index (χ1) is 8.54. The summed E-state index contributed by atoms with van der Waals surface area (Å²) in [6, 6.07) is 0.00222. The van der Waals surface area contributed by atoms with E-state index in [4.69, 9.17) is 5.73 Å². The molecule has 2 amide bonds. The number of nitrogens with one attached hydrogen (secondary N) is 1. The van der Waals surface area contributed by atoms with Gasteiger partial charge < -0.3 is 16.0 Å². The van der Waals surface area contributed by atoms with Gasteiger partial charge in [0.05, 0.1) is 0 Å². The van der Waals surface area contributed by atoms with Crippen LogP contribution in [0.2, 0.25) is 0 Å². The van der Waals surface area contributed by atoms with Gasteiger partial charge in [-0.2, -0.15) is 0 Å². The van der Waals surface area contributed by atoms with E-state index in [1.165, 1.54) is 5.57 Å². The van der Waals surface area contributed by atoms with Crippen LogP contribution in [0.15, 0.2) is 11.8 Å². The van der Waals surface area contributed by atoms with Crippen molar-refractivity contribution in [2.24, 2.45) is 11.7 Å². The van der Waals surface area contributed by atoms with Crippen LogP contribution in [0, 0.1) is 5.92 Å². The highest BCUT2D eigenvalue weighted by molar-refractivity contribution is 5.75. The number of carbonyl (C=O) groups excluding carboxylic acids is 1. The lowest BCUT2D eigenvalue weighted by molar-refractivity contribution is 0.143. The molecule has 1 aliphatic heterocycles. The van der Waals surface area contributed by atoms with E-state index in [-0.39, 0.29) is 6.03 Å². The Labute approximate surface area is 110 Å². The van der Waals surface area contributed by atoms with Crippen molar-refractivity contribution in [1.82, 2.24) is 15.1 Å². The summed E-state index contributed by atoms with van der Waals surface area (Å²) in [6.07, 6.45) is 1.82. The molecule has 0 radical (unpaired) electrons. The summed E-state index contributed by atoms with van der Waals surface area (Å²) in [4.78, 5) is 16.1. The van der Waals surface area contributed by atoms with Crippen LogP contribution in [0.3, 0.4) is 0 Å². The van der Waals surface area contributed by atoms with E-state index in [1.807, 2.05) is 18.0 Å². The molecular formula is C13H26N4O. The van der Waals surface area contributed by atoms with E-state index >= 15 is 0 Å². The smallest absolute Gasteiger partial charge is 0.321 e. The van der Waals surface area contributed by atoms with Crippen molar-refractivity contribution >= 4 is 6.03 Å². The SMILES string of the molecule is C/C(=C\NC(=O)N1CCN(CCN)CC1)C(C)C. The normalized spacial score (nSPS) is 18.3. The minimum atomic E-state index is 0.00222. The maximum atomic E-state index is 11.9. The molecule has 0 aliphatic carbocycles. The molecule has 18 heavy (non-hydrogen) atoms. The molecule has 5 nitrogen and oxygen atoms in total. The molecule has 0 spiro atoms. The molecule has 0 atom stereocenters. The van der Waals surface area contributed by atoms with Crippen molar-refractivity contribution in [3.05, 3.63) is 11.8 Å². The average Bonchev–Trinajstić information content (AvgIpc) is 2.36. The lowest BCUT2D eigenvalue weighted by Crippen LogP contribution is -2.51. The van der Waals surface area contributed by atoms with Crippen LogP contribution in [0.4, 0.5) is 4.79 Å². The Kier molecular flexibility index (Phi) is 6.15. The number of piperazine rings is 1. The second-order valence-corrected chi connectivity index (χ2v) is 5.11. The second kappa shape index (κ2) is 7.38. The molecule has 0 saturated carbocycles. The summed E-state index contributed by atoms with van der Waals surface area (Å²) >= 11 is 0. The lowest BCUT2D eigenvalue weighted by atomic mass is 10.1. The molecule has 3 N–H and O–H groups in total. The number of amides is 2. The van der Waals surface area contributed by atoms with Crippen molar-refractivity contribution < 1.29 is 4.79 Å². The molecule has 0 aromatic carbocycles. The number of rotatable bonds is 4. The van der Waals surface area contributed by atoms with Crippen molar-refractivity contribution in [1.29, 1.82) is 0 Å². The predicted octanol–water partition coefficient (Wildman–Crippen LogP) is 0.832. The Bertz CT molecular complexity index is 293. The number of hydrogen-bond donors (Lipinski definition) is 2. The Balaban J connectivity index is 2.34. The van der Waals surface area contributed by atoms with E-state index in [9.17, 15) is 4.79 Å². The number of allylic oxidation sites excluding steroid dienone is 1. The fourth-order valence-electron chi connectivity index (χ4n) is 1.79. The van der Waals surface area contributed by atoms with Gasteiger partial charge in [-0.25, -0.2) is 4.79 Å². The van der Waals surface area contributed by atoms with E-state index in [0.717, 1.165) is 32.7 Å². The molecule has 0 aromatic heterocycles. The second-order valence-electron chi connectivity index (χ2n) is 5.11. The van der Waals surface area contributed by atoms with Gasteiger partial charge in [0.1, 0.15) is 0 Å². The van der Waals surface area contributed by atoms with Crippen molar-refractivity contribution in [2.75, 3.05) is 39.3 Å². The zero-order valence-corrected chi connectivity index (χ0v) is 11.8. The maximum Gasteiger partial charge on any atom is 0.321 e. The fourth-order valence-corrected chi connectivity index (χ4v) is 1.79. The molecule has 5 heteroatoms.